The smallest absolute Gasteiger partial charge is 0.199 e. The van der Waals surface area contributed by atoms with E-state index in [1.54, 1.807) is 0 Å². The molecule has 0 radical (unpaired) electrons. The molecule has 8 heteroatoms. The van der Waals surface area contributed by atoms with Gasteiger partial charge in [-0.25, -0.2) is 0 Å². The minimum absolute atomic E-state index is 0.221. The van der Waals surface area contributed by atoms with Gasteiger partial charge in [-0.05, 0) is 170 Å². The summed E-state index contributed by atoms with van der Waals surface area (Å²) in [7, 11) is 0. The predicted molar refractivity (Wildman–Crippen MR) is 335 cm³/mol. The molecule has 416 valence electrons. The Hall–Kier alpha value is -8.10. The van der Waals surface area contributed by atoms with Gasteiger partial charge >= 0.3 is 0 Å². The highest BCUT2D eigenvalue weighted by molar-refractivity contribution is 6.36. The van der Waals surface area contributed by atoms with Crippen LogP contribution in [0.3, 0.4) is 0 Å². The highest BCUT2D eigenvalue weighted by Crippen LogP contribution is 2.52. The number of nitrogens with one attached hydrogen (secondary N) is 4. The minimum Gasteiger partial charge on any atom is -0.455 e. The van der Waals surface area contributed by atoms with E-state index in [9.17, 15) is 0 Å². The summed E-state index contributed by atoms with van der Waals surface area (Å²) in [6.45, 7) is 0. The molecule has 4 N–H and O–H groups in total. The summed E-state index contributed by atoms with van der Waals surface area (Å²) in [5, 5.41) is 14.8. The number of fused-ring (bicyclic) bond motifs is 2. The number of carbonyl (C=O) groups excluding carboxylic acids is 2. The molecule has 0 aromatic heterocycles. The van der Waals surface area contributed by atoms with E-state index in [1.165, 1.54) is 151 Å². The van der Waals surface area contributed by atoms with E-state index in [1.807, 2.05) is 72.8 Å². The van der Waals surface area contributed by atoms with Gasteiger partial charge in [0.15, 0.2) is 23.1 Å². The van der Waals surface area contributed by atoms with Crippen molar-refractivity contribution in [2.45, 2.75) is 152 Å². The average Bonchev–Trinajstić information content (AvgIpc) is 2.21. The lowest BCUT2D eigenvalue weighted by molar-refractivity contribution is 0.0981. The van der Waals surface area contributed by atoms with Crippen LogP contribution in [0.15, 0.2) is 170 Å². The molecule has 0 aliphatic heterocycles. The second kappa shape index (κ2) is 24.5. The summed E-state index contributed by atoms with van der Waals surface area (Å²) in [6, 6.07) is 57.7. The fraction of sp³-hybridized carbons (Fsp3) is 0.324. The third-order valence-electron chi connectivity index (χ3n) is 18.5. The fourth-order valence-corrected chi connectivity index (χ4v) is 14.0. The molecule has 0 unspecified atom stereocenters. The molecule has 5 aliphatic carbocycles. The Morgan fingerprint density at radius 2 is 0.561 bits per heavy atom. The van der Waals surface area contributed by atoms with Gasteiger partial charge in [0.05, 0.1) is 45.0 Å². The van der Waals surface area contributed by atoms with E-state index in [4.69, 9.17) is 9.47 Å². The Morgan fingerprint density at radius 3 is 0.841 bits per heavy atom. The van der Waals surface area contributed by atoms with Crippen LogP contribution in [-0.4, -0.2) is 11.6 Å². The van der Waals surface area contributed by atoms with E-state index in [0.29, 0.717) is 69.4 Å². The molecule has 0 spiro atoms. The van der Waals surface area contributed by atoms with Gasteiger partial charge < -0.3 is 30.7 Å². The van der Waals surface area contributed by atoms with Crippen molar-refractivity contribution in [2.24, 2.45) is 0 Å². The van der Waals surface area contributed by atoms with Crippen molar-refractivity contribution in [1.29, 1.82) is 0 Å². The first-order valence-corrected chi connectivity index (χ1v) is 30.9. The predicted octanol–water partition coefficient (Wildman–Crippen LogP) is 21.2. The molecule has 0 amide bonds. The highest BCUT2D eigenvalue weighted by Gasteiger charge is 2.41. The van der Waals surface area contributed by atoms with E-state index < -0.39 is 0 Å². The second-order valence-electron chi connectivity index (χ2n) is 23.9. The highest BCUT2D eigenvalue weighted by atomic mass is 16.5. The van der Waals surface area contributed by atoms with E-state index >= 15 is 9.59 Å². The van der Waals surface area contributed by atoms with Gasteiger partial charge in [-0.3, -0.25) is 9.59 Å². The molecule has 13 rings (SSSR count). The largest absolute Gasteiger partial charge is 0.455 e. The quantitative estimate of drug-likeness (QED) is 0.0759. The van der Waals surface area contributed by atoms with Crippen molar-refractivity contribution in [2.75, 3.05) is 21.3 Å². The van der Waals surface area contributed by atoms with Crippen molar-refractivity contribution < 1.29 is 19.1 Å². The van der Waals surface area contributed by atoms with Crippen molar-refractivity contribution in [1.82, 2.24) is 0 Å². The number of hydrogen-bond acceptors (Lipinski definition) is 8. The lowest BCUT2D eigenvalue weighted by Gasteiger charge is -2.30. The number of para-hydroxylation sites is 2. The van der Waals surface area contributed by atoms with Crippen LogP contribution in [0.1, 0.15) is 206 Å². The monoisotopic (exact) mass is 1080 g/mol. The Bertz CT molecular complexity index is 3260. The molecule has 4 saturated carbocycles. The first kappa shape index (κ1) is 53.2. The Labute approximate surface area is 484 Å². The third-order valence-corrected chi connectivity index (χ3v) is 18.5. The number of benzene rings is 8. The number of hydrogen-bond donors (Lipinski definition) is 4. The van der Waals surface area contributed by atoms with Gasteiger partial charge in [-0.1, -0.05) is 162 Å². The zero-order valence-electron chi connectivity index (χ0n) is 47.3. The van der Waals surface area contributed by atoms with Crippen LogP contribution in [0.2, 0.25) is 0 Å². The summed E-state index contributed by atoms with van der Waals surface area (Å²) in [6.07, 6.45) is 24.6. The van der Waals surface area contributed by atoms with Gasteiger partial charge in [0.25, 0.3) is 0 Å². The van der Waals surface area contributed by atoms with Gasteiger partial charge in [0, 0.05) is 34.9 Å². The molecule has 8 aromatic rings. The summed E-state index contributed by atoms with van der Waals surface area (Å²) in [5.74, 6) is 3.43. The Kier molecular flexibility index (Phi) is 15.9. The molecule has 0 atom stereocenters. The van der Waals surface area contributed by atoms with Gasteiger partial charge in [0.1, 0.15) is 11.5 Å². The third kappa shape index (κ3) is 11.7. The SMILES string of the molecule is O=C1c2c(Nc3ccc(C4CCCCC4)cc3)cc(Oc3ccccc3)c(Nc3ccc(C4CCCCC4)cc3)c2C(=O)c2c(Nc3ccc(C4CCCCC4)cc3)cc(Oc3ccccc3)c(Nc3ccc(C4CCCCC4)cc3)c21. The summed E-state index contributed by atoms with van der Waals surface area (Å²) in [5.41, 5.74) is 11.1. The van der Waals surface area contributed by atoms with Crippen molar-refractivity contribution in [3.8, 4) is 23.0 Å². The molecular weight excluding hydrogens is 1010 g/mol. The molecule has 5 aliphatic rings. The minimum atomic E-state index is -0.330. The van der Waals surface area contributed by atoms with E-state index in [0.717, 1.165) is 22.7 Å². The number of ether oxygens (including phenoxy) is 2. The van der Waals surface area contributed by atoms with Crippen LogP contribution in [0.5, 0.6) is 23.0 Å². The summed E-state index contributed by atoms with van der Waals surface area (Å²) < 4.78 is 13.9. The normalized spacial score (nSPS) is 17.1. The maximum Gasteiger partial charge on any atom is 0.199 e. The maximum absolute atomic E-state index is 16.7. The lowest BCUT2D eigenvalue weighted by atomic mass is 9.79. The molecule has 0 bridgehead atoms. The van der Waals surface area contributed by atoms with Crippen LogP contribution in [0.4, 0.5) is 45.5 Å². The molecule has 0 saturated heterocycles. The van der Waals surface area contributed by atoms with Crippen LogP contribution in [0.25, 0.3) is 0 Å². The zero-order chi connectivity index (χ0) is 55.2. The van der Waals surface area contributed by atoms with Crippen molar-refractivity contribution >= 4 is 57.1 Å². The first-order chi connectivity index (χ1) is 40.5. The van der Waals surface area contributed by atoms with Crippen molar-refractivity contribution in [3.05, 3.63) is 214 Å². The Balaban J connectivity index is 0.999. The Morgan fingerprint density at radius 1 is 0.293 bits per heavy atom. The van der Waals surface area contributed by atoms with Gasteiger partial charge in [0.2, 0.25) is 0 Å². The lowest BCUT2D eigenvalue weighted by Crippen LogP contribution is -2.26. The number of rotatable bonds is 16. The second-order valence-corrected chi connectivity index (χ2v) is 23.9. The number of ketones is 2. The molecule has 8 aromatic carbocycles. The van der Waals surface area contributed by atoms with Crippen LogP contribution < -0.4 is 30.7 Å². The molecule has 82 heavy (non-hydrogen) atoms. The fourth-order valence-electron chi connectivity index (χ4n) is 14.0. The number of anilines is 8. The summed E-state index contributed by atoms with van der Waals surface area (Å²) in [4.78, 5) is 33.5. The topological polar surface area (TPSA) is 101 Å². The van der Waals surface area contributed by atoms with E-state index in [2.05, 4.69) is 118 Å². The van der Waals surface area contributed by atoms with Crippen LogP contribution in [-0.2, 0) is 0 Å². The molecule has 0 heterocycles. The van der Waals surface area contributed by atoms with Crippen molar-refractivity contribution in [3.63, 3.8) is 0 Å². The van der Waals surface area contributed by atoms with E-state index in [-0.39, 0.29) is 33.8 Å². The molecule has 8 nitrogen and oxygen atoms in total. The first-order valence-electron chi connectivity index (χ1n) is 30.9. The average molecular weight is 1090 g/mol. The number of carbonyl (C=O) groups is 2. The standard InChI is InChI=1S/C74H76N4O4/c79-73-67-63(75-57-39-31-53(32-40-57)49-19-7-1-8-20-49)47-65(81-61-27-15-5-16-28-61)71(77-59-43-35-55(36-44-59)51-23-11-3-12-24-51)69(67)74(80)68-64(76-58-41-33-54(34-42-58)50-21-9-2-10-22-50)48-66(82-62-29-17-6-18-30-62)72(70(68)73)78-60-45-37-56(38-46-60)52-25-13-4-14-26-52/h5-6,15-18,27-52,75-78H,1-4,7-14,19-26H2. The summed E-state index contributed by atoms with van der Waals surface area (Å²) >= 11 is 0. The maximum atomic E-state index is 16.7. The molecule has 4 fully saturated rings. The van der Waals surface area contributed by atoms with Crippen LogP contribution in [0, 0.1) is 0 Å². The zero-order valence-corrected chi connectivity index (χ0v) is 47.3. The van der Waals surface area contributed by atoms with Gasteiger partial charge in [-0.15, -0.1) is 0 Å². The molecular formula is C74H76N4O4. The van der Waals surface area contributed by atoms with Gasteiger partial charge in [-0.2, -0.15) is 0 Å². The van der Waals surface area contributed by atoms with Crippen LogP contribution >= 0.6 is 0 Å².